The van der Waals surface area contributed by atoms with Gasteiger partial charge in [0.15, 0.2) is 0 Å². The van der Waals surface area contributed by atoms with Gasteiger partial charge in [-0.15, -0.1) is 0 Å². The van der Waals surface area contributed by atoms with Gasteiger partial charge in [0.1, 0.15) is 5.60 Å². The molecule has 1 aliphatic rings. The molecule has 3 heteroatoms. The monoisotopic (exact) mass is 207 g/mol. The van der Waals surface area contributed by atoms with Gasteiger partial charge in [-0.2, -0.15) is 0 Å². The lowest BCUT2D eigenvalue weighted by Gasteiger charge is -2.32. The predicted octanol–water partition coefficient (Wildman–Crippen LogP) is 2.02. The predicted molar refractivity (Wildman–Crippen MR) is 57.9 cm³/mol. The van der Waals surface area contributed by atoms with E-state index in [0.717, 1.165) is 30.5 Å². The summed E-state index contributed by atoms with van der Waals surface area (Å²) in [6.07, 6.45) is 3.55. The highest BCUT2D eigenvalue weighted by Gasteiger charge is 2.34. The van der Waals surface area contributed by atoms with Gasteiger partial charge in [0.25, 0.3) is 0 Å². The molecule has 1 N–H and O–H groups in total. The third-order valence-corrected chi connectivity index (χ3v) is 3.22. The zero-order valence-corrected chi connectivity index (χ0v) is 9.29. The summed E-state index contributed by atoms with van der Waals surface area (Å²) >= 11 is 0. The lowest BCUT2D eigenvalue weighted by atomic mass is 9.81. The van der Waals surface area contributed by atoms with Crippen molar-refractivity contribution < 1.29 is 9.84 Å². The number of hydrogen-bond acceptors (Lipinski definition) is 3. The molecule has 0 saturated carbocycles. The average molecular weight is 207 g/mol. The normalized spacial score (nSPS) is 24.7. The van der Waals surface area contributed by atoms with Gasteiger partial charge in [0, 0.05) is 6.07 Å². The van der Waals surface area contributed by atoms with Crippen LogP contribution < -0.4 is 4.74 Å². The number of aryl methyl sites for hydroxylation is 1. The van der Waals surface area contributed by atoms with E-state index in [2.05, 4.69) is 4.98 Å². The van der Waals surface area contributed by atoms with Crippen LogP contribution in [-0.4, -0.2) is 17.2 Å². The average Bonchev–Trinajstić information content (AvgIpc) is 2.29. The second-order valence-corrected chi connectivity index (χ2v) is 4.10. The number of rotatable bonds is 2. The van der Waals surface area contributed by atoms with Crippen LogP contribution in [-0.2, 0) is 12.0 Å². The second kappa shape index (κ2) is 3.81. The number of nitrogens with zero attached hydrogens (tertiary/aromatic N) is 1. The first-order chi connectivity index (χ1) is 7.19. The minimum atomic E-state index is -0.748. The van der Waals surface area contributed by atoms with Crippen LogP contribution in [0.4, 0.5) is 0 Å². The smallest absolute Gasteiger partial charge is 0.213 e. The lowest BCUT2D eigenvalue weighted by Crippen LogP contribution is -2.31. The van der Waals surface area contributed by atoms with E-state index in [0.29, 0.717) is 12.3 Å². The molecule has 1 aromatic heterocycles. The van der Waals surface area contributed by atoms with Crippen LogP contribution in [0.1, 0.15) is 37.4 Å². The minimum absolute atomic E-state index is 0.586. The fraction of sp³-hybridized carbons (Fsp3) is 0.583. The van der Waals surface area contributed by atoms with E-state index in [1.165, 1.54) is 0 Å². The van der Waals surface area contributed by atoms with Crippen molar-refractivity contribution in [1.29, 1.82) is 0 Å². The first-order valence-corrected chi connectivity index (χ1v) is 5.46. The number of aromatic nitrogens is 1. The van der Waals surface area contributed by atoms with E-state index < -0.39 is 5.60 Å². The molecule has 0 unspecified atom stereocenters. The highest BCUT2D eigenvalue weighted by atomic mass is 16.5. The lowest BCUT2D eigenvalue weighted by molar-refractivity contribution is 0.00979. The van der Waals surface area contributed by atoms with Crippen LogP contribution in [0, 0.1) is 0 Å². The largest absolute Gasteiger partial charge is 0.481 e. The van der Waals surface area contributed by atoms with Crippen molar-refractivity contribution in [2.45, 2.75) is 38.2 Å². The van der Waals surface area contributed by atoms with Crippen molar-refractivity contribution in [2.75, 3.05) is 7.11 Å². The molecular formula is C12H17NO2. The van der Waals surface area contributed by atoms with Gasteiger partial charge in [-0.25, -0.2) is 4.98 Å². The van der Waals surface area contributed by atoms with Crippen LogP contribution in [0.25, 0.3) is 0 Å². The van der Waals surface area contributed by atoms with Crippen molar-refractivity contribution >= 4 is 0 Å². The van der Waals surface area contributed by atoms with Crippen LogP contribution in [0.3, 0.4) is 0 Å². The number of methoxy groups -OCH3 is 1. The van der Waals surface area contributed by atoms with Gasteiger partial charge >= 0.3 is 0 Å². The molecule has 0 bridgehead atoms. The van der Waals surface area contributed by atoms with Gasteiger partial charge in [-0.3, -0.25) is 0 Å². The molecule has 0 fully saturated rings. The van der Waals surface area contributed by atoms with E-state index in [-0.39, 0.29) is 0 Å². The number of aliphatic hydroxyl groups is 1. The molecule has 1 heterocycles. The maximum absolute atomic E-state index is 10.4. The fourth-order valence-corrected chi connectivity index (χ4v) is 2.22. The van der Waals surface area contributed by atoms with Crippen molar-refractivity contribution in [1.82, 2.24) is 4.98 Å². The Labute approximate surface area is 90.1 Å². The molecule has 0 aromatic carbocycles. The number of fused-ring (bicyclic) bond motifs is 1. The Bertz CT molecular complexity index is 365. The summed E-state index contributed by atoms with van der Waals surface area (Å²) in [5, 5.41) is 10.4. The molecule has 0 spiro atoms. The van der Waals surface area contributed by atoms with Crippen molar-refractivity contribution in [2.24, 2.45) is 0 Å². The summed E-state index contributed by atoms with van der Waals surface area (Å²) in [7, 11) is 1.60. The number of ether oxygens (including phenoxy) is 1. The maximum atomic E-state index is 10.4. The third kappa shape index (κ3) is 1.72. The SMILES string of the molecule is CC[C@@]1(O)CCCc2ccc(OC)nc21. The van der Waals surface area contributed by atoms with Gasteiger partial charge < -0.3 is 9.84 Å². The molecular weight excluding hydrogens is 190 g/mol. The summed E-state index contributed by atoms with van der Waals surface area (Å²) < 4.78 is 5.10. The van der Waals surface area contributed by atoms with Gasteiger partial charge in [0.2, 0.25) is 5.88 Å². The molecule has 0 saturated heterocycles. The van der Waals surface area contributed by atoms with Gasteiger partial charge in [-0.1, -0.05) is 13.0 Å². The van der Waals surface area contributed by atoms with E-state index in [4.69, 9.17) is 4.74 Å². The summed E-state index contributed by atoms with van der Waals surface area (Å²) in [5.74, 6) is 0.586. The Morgan fingerprint density at radius 1 is 1.53 bits per heavy atom. The molecule has 82 valence electrons. The van der Waals surface area contributed by atoms with Crippen LogP contribution in [0.5, 0.6) is 5.88 Å². The van der Waals surface area contributed by atoms with E-state index in [1.807, 2.05) is 19.1 Å². The molecule has 1 atom stereocenters. The molecule has 2 rings (SSSR count). The maximum Gasteiger partial charge on any atom is 0.213 e. The fourth-order valence-electron chi connectivity index (χ4n) is 2.22. The Morgan fingerprint density at radius 3 is 3.00 bits per heavy atom. The van der Waals surface area contributed by atoms with Gasteiger partial charge in [-0.05, 0) is 31.2 Å². The Hall–Kier alpha value is -1.09. The first-order valence-electron chi connectivity index (χ1n) is 5.46. The summed E-state index contributed by atoms with van der Waals surface area (Å²) in [4.78, 5) is 4.38. The van der Waals surface area contributed by atoms with E-state index in [9.17, 15) is 5.11 Å². The highest BCUT2D eigenvalue weighted by molar-refractivity contribution is 5.32. The Kier molecular flexibility index (Phi) is 2.65. The Balaban J connectivity index is 2.48. The summed E-state index contributed by atoms with van der Waals surface area (Å²) in [6.45, 7) is 2.00. The molecule has 15 heavy (non-hydrogen) atoms. The van der Waals surface area contributed by atoms with Crippen LogP contribution in [0.15, 0.2) is 12.1 Å². The Morgan fingerprint density at radius 2 is 2.33 bits per heavy atom. The molecule has 3 nitrogen and oxygen atoms in total. The number of hydrogen-bond donors (Lipinski definition) is 1. The third-order valence-electron chi connectivity index (χ3n) is 3.22. The summed E-state index contributed by atoms with van der Waals surface area (Å²) in [6, 6.07) is 3.88. The van der Waals surface area contributed by atoms with E-state index >= 15 is 0 Å². The molecule has 0 aliphatic heterocycles. The molecule has 0 radical (unpaired) electrons. The molecule has 1 aromatic rings. The van der Waals surface area contributed by atoms with Crippen LogP contribution >= 0.6 is 0 Å². The highest BCUT2D eigenvalue weighted by Crippen LogP contribution is 2.37. The second-order valence-electron chi connectivity index (χ2n) is 4.10. The quantitative estimate of drug-likeness (QED) is 0.806. The van der Waals surface area contributed by atoms with Crippen LogP contribution in [0.2, 0.25) is 0 Å². The van der Waals surface area contributed by atoms with Crippen molar-refractivity contribution in [3.8, 4) is 5.88 Å². The minimum Gasteiger partial charge on any atom is -0.481 e. The van der Waals surface area contributed by atoms with Crippen molar-refractivity contribution in [3.63, 3.8) is 0 Å². The summed E-state index contributed by atoms with van der Waals surface area (Å²) in [5.41, 5.74) is 1.23. The topological polar surface area (TPSA) is 42.4 Å². The van der Waals surface area contributed by atoms with Crippen molar-refractivity contribution in [3.05, 3.63) is 23.4 Å². The zero-order valence-electron chi connectivity index (χ0n) is 9.29. The molecule has 0 amide bonds. The number of pyridine rings is 1. The zero-order chi connectivity index (χ0) is 10.9. The van der Waals surface area contributed by atoms with Gasteiger partial charge in [0.05, 0.1) is 12.8 Å². The first kappa shape index (κ1) is 10.4. The van der Waals surface area contributed by atoms with E-state index in [1.54, 1.807) is 7.11 Å². The molecule has 1 aliphatic carbocycles. The standard InChI is InChI=1S/C12H17NO2/c1-3-12(14)8-4-5-9-6-7-10(15-2)13-11(9)12/h6-7,14H,3-5,8H2,1-2H3/t12-/m1/s1.